The average Bonchev–Trinajstić information content (AvgIpc) is 3.01. The van der Waals surface area contributed by atoms with Crippen molar-refractivity contribution in [2.24, 2.45) is 0 Å². The Morgan fingerprint density at radius 1 is 0.844 bits per heavy atom. The number of imide groups is 1. The lowest BCUT2D eigenvalue weighted by Crippen LogP contribution is -2.32. The third-order valence-electron chi connectivity index (χ3n) is 4.81. The largest absolute Gasteiger partial charge is 0.350 e. The molecule has 3 aromatic rings. The molecule has 3 aromatic carbocycles. The number of carbonyl (C=O) groups is 3. The monoisotopic (exact) mass is 465 g/mol. The van der Waals surface area contributed by atoms with Crippen molar-refractivity contribution in [2.75, 3.05) is 10.2 Å². The molecule has 0 radical (unpaired) electrons. The Kier molecular flexibility index (Phi) is 6.25. The molecule has 0 fully saturated rings. The molecule has 0 aliphatic carbocycles. The van der Waals surface area contributed by atoms with Gasteiger partial charge < -0.3 is 10.6 Å². The second-order valence-corrected chi connectivity index (χ2v) is 7.80. The second-order valence-electron chi connectivity index (χ2n) is 6.99. The maximum Gasteiger partial charge on any atom is 0.283 e. The number of hydrogen-bond acceptors (Lipinski definition) is 4. The van der Waals surface area contributed by atoms with Gasteiger partial charge in [-0.15, -0.1) is 0 Å². The number of benzene rings is 3. The summed E-state index contributed by atoms with van der Waals surface area (Å²) < 4.78 is 0. The molecule has 0 saturated heterocycles. The van der Waals surface area contributed by atoms with Gasteiger partial charge in [0.1, 0.15) is 10.7 Å². The predicted octanol–water partition coefficient (Wildman–Crippen LogP) is 4.71. The van der Waals surface area contributed by atoms with Crippen LogP contribution >= 0.6 is 23.2 Å². The maximum atomic E-state index is 12.8. The molecule has 0 bridgehead atoms. The van der Waals surface area contributed by atoms with E-state index in [4.69, 9.17) is 23.2 Å². The first-order chi connectivity index (χ1) is 15.4. The SMILES string of the molecule is O=C(NCc1ccccc1)c1ccc(NC2=C(Cl)C(=O)N(c3cccc(Cl)c3)C2=O)cc1. The van der Waals surface area contributed by atoms with E-state index in [2.05, 4.69) is 10.6 Å². The van der Waals surface area contributed by atoms with Crippen LogP contribution in [0.5, 0.6) is 0 Å². The first-order valence-corrected chi connectivity index (χ1v) is 10.4. The van der Waals surface area contributed by atoms with Crippen molar-refractivity contribution in [1.82, 2.24) is 5.32 Å². The van der Waals surface area contributed by atoms with Crippen molar-refractivity contribution in [3.63, 3.8) is 0 Å². The molecule has 1 heterocycles. The molecule has 3 amide bonds. The molecule has 0 spiro atoms. The van der Waals surface area contributed by atoms with Gasteiger partial charge in [-0.3, -0.25) is 14.4 Å². The summed E-state index contributed by atoms with van der Waals surface area (Å²) in [6.07, 6.45) is 0. The highest BCUT2D eigenvalue weighted by atomic mass is 35.5. The number of carbonyl (C=O) groups excluding carboxylic acids is 3. The minimum Gasteiger partial charge on any atom is -0.350 e. The van der Waals surface area contributed by atoms with Gasteiger partial charge in [0.05, 0.1) is 5.69 Å². The second kappa shape index (κ2) is 9.26. The average molecular weight is 466 g/mol. The van der Waals surface area contributed by atoms with Crippen LogP contribution in [0, 0.1) is 0 Å². The van der Waals surface area contributed by atoms with Gasteiger partial charge in [-0.05, 0) is 48.0 Å². The topological polar surface area (TPSA) is 78.5 Å². The molecule has 0 aromatic heterocycles. The summed E-state index contributed by atoms with van der Waals surface area (Å²) in [5.41, 5.74) is 2.24. The van der Waals surface area contributed by atoms with Crippen LogP contribution in [0.3, 0.4) is 0 Å². The van der Waals surface area contributed by atoms with Crippen molar-refractivity contribution < 1.29 is 14.4 Å². The van der Waals surface area contributed by atoms with E-state index in [9.17, 15) is 14.4 Å². The highest BCUT2D eigenvalue weighted by molar-refractivity contribution is 6.53. The summed E-state index contributed by atoms with van der Waals surface area (Å²) in [7, 11) is 0. The highest BCUT2D eigenvalue weighted by Crippen LogP contribution is 2.31. The molecule has 0 saturated carbocycles. The molecule has 4 rings (SSSR count). The summed E-state index contributed by atoms with van der Waals surface area (Å²) in [5, 5.41) is 5.90. The summed E-state index contributed by atoms with van der Waals surface area (Å²) in [5.74, 6) is -1.46. The number of hydrogen-bond donors (Lipinski definition) is 2. The van der Waals surface area contributed by atoms with Crippen molar-refractivity contribution in [1.29, 1.82) is 0 Å². The van der Waals surface area contributed by atoms with E-state index in [1.807, 2.05) is 30.3 Å². The molecule has 1 aliphatic heterocycles. The van der Waals surface area contributed by atoms with E-state index in [0.717, 1.165) is 10.5 Å². The van der Waals surface area contributed by atoms with Crippen LogP contribution in [-0.4, -0.2) is 17.7 Å². The highest BCUT2D eigenvalue weighted by Gasteiger charge is 2.39. The number of anilines is 2. The Hall–Kier alpha value is -3.61. The lowest BCUT2D eigenvalue weighted by atomic mass is 10.1. The van der Waals surface area contributed by atoms with E-state index in [0.29, 0.717) is 28.5 Å². The number of halogens is 2. The third-order valence-corrected chi connectivity index (χ3v) is 5.39. The van der Waals surface area contributed by atoms with Gasteiger partial charge >= 0.3 is 0 Å². The van der Waals surface area contributed by atoms with Crippen LogP contribution in [0.15, 0.2) is 89.6 Å². The smallest absolute Gasteiger partial charge is 0.283 e. The number of amides is 3. The molecule has 160 valence electrons. The Bertz CT molecular complexity index is 1220. The van der Waals surface area contributed by atoms with Crippen LogP contribution in [0.25, 0.3) is 0 Å². The fourth-order valence-corrected chi connectivity index (χ4v) is 3.59. The third kappa shape index (κ3) is 4.51. The normalized spacial score (nSPS) is 13.5. The zero-order chi connectivity index (χ0) is 22.7. The van der Waals surface area contributed by atoms with E-state index >= 15 is 0 Å². The minimum atomic E-state index is -0.640. The first-order valence-electron chi connectivity index (χ1n) is 9.67. The fraction of sp³-hybridized carbons (Fsp3) is 0.0417. The van der Waals surface area contributed by atoms with E-state index in [1.165, 1.54) is 6.07 Å². The number of nitrogens with zero attached hydrogens (tertiary/aromatic N) is 1. The van der Waals surface area contributed by atoms with E-state index in [-0.39, 0.29) is 16.6 Å². The predicted molar refractivity (Wildman–Crippen MR) is 125 cm³/mol. The molecule has 6 nitrogen and oxygen atoms in total. The lowest BCUT2D eigenvalue weighted by Gasteiger charge is -2.15. The van der Waals surface area contributed by atoms with Crippen molar-refractivity contribution in [3.8, 4) is 0 Å². The van der Waals surface area contributed by atoms with Crippen molar-refractivity contribution in [3.05, 3.63) is 106 Å². The van der Waals surface area contributed by atoms with Gasteiger partial charge in [-0.1, -0.05) is 59.6 Å². The molecular formula is C24H17Cl2N3O3. The summed E-state index contributed by atoms with van der Waals surface area (Å²) in [4.78, 5) is 38.7. The van der Waals surface area contributed by atoms with Crippen LogP contribution in [-0.2, 0) is 16.1 Å². The fourth-order valence-electron chi connectivity index (χ4n) is 3.19. The molecule has 1 aliphatic rings. The van der Waals surface area contributed by atoms with E-state index < -0.39 is 11.8 Å². The van der Waals surface area contributed by atoms with Gasteiger partial charge in [0.2, 0.25) is 0 Å². The van der Waals surface area contributed by atoms with Crippen LogP contribution in [0.2, 0.25) is 5.02 Å². The summed E-state index contributed by atoms with van der Waals surface area (Å²) in [6, 6.07) is 22.5. The molecule has 0 unspecified atom stereocenters. The minimum absolute atomic E-state index is 0.0436. The van der Waals surface area contributed by atoms with Gasteiger partial charge in [-0.25, -0.2) is 4.90 Å². The van der Waals surface area contributed by atoms with Crippen molar-refractivity contribution in [2.45, 2.75) is 6.54 Å². The quantitative estimate of drug-likeness (QED) is 0.516. The van der Waals surface area contributed by atoms with Gasteiger partial charge in [0.25, 0.3) is 17.7 Å². The summed E-state index contributed by atoms with van der Waals surface area (Å²) >= 11 is 12.1. The standard InChI is InChI=1S/C24H17Cl2N3O3/c25-17-7-4-8-19(13-17)29-23(31)20(26)21(24(29)32)28-18-11-9-16(10-12-18)22(30)27-14-15-5-2-1-3-6-15/h1-13,28H,14H2,(H,27,30). The lowest BCUT2D eigenvalue weighted by molar-refractivity contribution is -0.120. The van der Waals surface area contributed by atoms with Crippen molar-refractivity contribution >= 4 is 52.3 Å². The number of rotatable bonds is 6. The molecule has 2 N–H and O–H groups in total. The van der Waals surface area contributed by atoms with Gasteiger partial charge in [0.15, 0.2) is 0 Å². The zero-order valence-corrected chi connectivity index (χ0v) is 18.2. The Morgan fingerprint density at radius 2 is 1.56 bits per heavy atom. The molecular weight excluding hydrogens is 449 g/mol. The molecule has 8 heteroatoms. The Morgan fingerprint density at radius 3 is 2.25 bits per heavy atom. The van der Waals surface area contributed by atoms with Crippen LogP contribution in [0.4, 0.5) is 11.4 Å². The maximum absolute atomic E-state index is 12.8. The zero-order valence-electron chi connectivity index (χ0n) is 16.6. The number of nitrogens with one attached hydrogen (secondary N) is 2. The van der Waals surface area contributed by atoms with Gasteiger partial charge in [0, 0.05) is 22.8 Å². The molecule has 0 atom stereocenters. The van der Waals surface area contributed by atoms with E-state index in [1.54, 1.807) is 42.5 Å². The van der Waals surface area contributed by atoms with Crippen LogP contribution in [0.1, 0.15) is 15.9 Å². The first kappa shape index (κ1) is 21.6. The molecule has 32 heavy (non-hydrogen) atoms. The Balaban J connectivity index is 1.44. The van der Waals surface area contributed by atoms with Gasteiger partial charge in [-0.2, -0.15) is 0 Å². The van der Waals surface area contributed by atoms with Crippen LogP contribution < -0.4 is 15.5 Å². The Labute approximate surface area is 194 Å². The summed E-state index contributed by atoms with van der Waals surface area (Å²) in [6.45, 7) is 0.415.